The van der Waals surface area contributed by atoms with Gasteiger partial charge in [-0.25, -0.2) is 0 Å². The van der Waals surface area contributed by atoms with Gasteiger partial charge in [-0.3, -0.25) is 4.79 Å². The number of aromatic hydroxyl groups is 1. The van der Waals surface area contributed by atoms with Gasteiger partial charge >= 0.3 is 0 Å². The number of methoxy groups -OCH3 is 1. The minimum absolute atomic E-state index is 0.0365. The lowest BCUT2D eigenvalue weighted by atomic mass is 9.95. The Bertz CT molecular complexity index is 747. The van der Waals surface area contributed by atoms with Crippen molar-refractivity contribution in [3.8, 4) is 34.4 Å². The SMILES string of the molecule is CCOc1ccccc1-c1c(C=O)cc(C#N)c(OC)c1O. The fourth-order valence-electron chi connectivity index (χ4n) is 2.29. The molecule has 0 fully saturated rings. The fraction of sp³-hybridized carbons (Fsp3) is 0.176. The molecule has 5 nitrogen and oxygen atoms in total. The molecule has 112 valence electrons. The highest BCUT2D eigenvalue weighted by Gasteiger charge is 2.21. The standard InChI is InChI=1S/C17H15NO4/c1-3-22-14-7-5-4-6-13(14)15-12(10-19)8-11(9-18)17(21-2)16(15)20/h4-8,10,20H,3H2,1-2H3. The molecule has 0 bridgehead atoms. The van der Waals surface area contributed by atoms with Crippen LogP contribution >= 0.6 is 0 Å². The van der Waals surface area contributed by atoms with E-state index < -0.39 is 0 Å². The molecule has 5 heteroatoms. The van der Waals surface area contributed by atoms with Crippen molar-refractivity contribution in [3.63, 3.8) is 0 Å². The second-order valence-electron chi connectivity index (χ2n) is 4.43. The van der Waals surface area contributed by atoms with Crippen molar-refractivity contribution < 1.29 is 19.4 Å². The number of hydrogen-bond donors (Lipinski definition) is 1. The number of carbonyl (C=O) groups excluding carboxylic acids is 1. The maximum atomic E-state index is 11.4. The lowest BCUT2D eigenvalue weighted by Gasteiger charge is -2.16. The summed E-state index contributed by atoms with van der Waals surface area (Å²) in [6.07, 6.45) is 0.595. The maximum absolute atomic E-state index is 11.4. The number of aldehydes is 1. The molecule has 0 amide bonds. The molecular weight excluding hydrogens is 282 g/mol. The number of hydrogen-bond acceptors (Lipinski definition) is 5. The molecule has 0 aliphatic rings. The van der Waals surface area contributed by atoms with Crippen molar-refractivity contribution >= 4 is 6.29 Å². The molecule has 0 aliphatic carbocycles. The van der Waals surface area contributed by atoms with Gasteiger partial charge in [0.05, 0.1) is 19.3 Å². The normalized spacial score (nSPS) is 9.86. The summed E-state index contributed by atoms with van der Waals surface area (Å²) in [6, 6.07) is 10.4. The fourth-order valence-corrected chi connectivity index (χ4v) is 2.29. The van der Waals surface area contributed by atoms with Gasteiger partial charge in [0.15, 0.2) is 17.8 Å². The minimum atomic E-state index is -0.254. The van der Waals surface area contributed by atoms with Crippen molar-refractivity contribution in [3.05, 3.63) is 41.5 Å². The van der Waals surface area contributed by atoms with Gasteiger partial charge < -0.3 is 14.6 Å². The van der Waals surface area contributed by atoms with Gasteiger partial charge in [-0.15, -0.1) is 0 Å². The zero-order chi connectivity index (χ0) is 16.1. The van der Waals surface area contributed by atoms with Crippen LogP contribution in [0.3, 0.4) is 0 Å². The van der Waals surface area contributed by atoms with Gasteiger partial charge in [0, 0.05) is 16.7 Å². The smallest absolute Gasteiger partial charge is 0.178 e. The van der Waals surface area contributed by atoms with Crippen LogP contribution in [-0.2, 0) is 0 Å². The van der Waals surface area contributed by atoms with E-state index in [1.807, 2.05) is 13.0 Å². The van der Waals surface area contributed by atoms with E-state index in [9.17, 15) is 9.90 Å². The van der Waals surface area contributed by atoms with E-state index in [0.29, 0.717) is 24.2 Å². The van der Waals surface area contributed by atoms with Gasteiger partial charge in [-0.05, 0) is 19.1 Å². The van der Waals surface area contributed by atoms with Gasteiger partial charge in [0.25, 0.3) is 0 Å². The van der Waals surface area contributed by atoms with E-state index in [0.717, 1.165) is 0 Å². The topological polar surface area (TPSA) is 79.6 Å². The third-order valence-corrected chi connectivity index (χ3v) is 3.19. The van der Waals surface area contributed by atoms with Gasteiger partial charge in [0.2, 0.25) is 0 Å². The molecule has 2 aromatic rings. The number of nitrogens with zero attached hydrogens (tertiary/aromatic N) is 1. The third kappa shape index (κ3) is 2.59. The minimum Gasteiger partial charge on any atom is -0.504 e. The molecule has 2 rings (SSSR count). The predicted molar refractivity (Wildman–Crippen MR) is 81.4 cm³/mol. The summed E-state index contributed by atoms with van der Waals surface area (Å²) >= 11 is 0. The Morgan fingerprint density at radius 1 is 1.36 bits per heavy atom. The first-order chi connectivity index (χ1) is 10.7. The third-order valence-electron chi connectivity index (χ3n) is 3.19. The molecule has 0 heterocycles. The number of para-hydroxylation sites is 1. The van der Waals surface area contributed by atoms with Crippen molar-refractivity contribution in [2.24, 2.45) is 0 Å². The number of nitriles is 1. The Labute approximate surface area is 128 Å². The number of ether oxygens (including phenoxy) is 2. The molecule has 0 unspecified atom stereocenters. The molecule has 0 saturated carbocycles. The molecule has 0 saturated heterocycles. The summed E-state index contributed by atoms with van der Waals surface area (Å²) in [4.78, 5) is 11.4. The monoisotopic (exact) mass is 297 g/mol. The van der Waals surface area contributed by atoms with Crippen molar-refractivity contribution in [2.45, 2.75) is 6.92 Å². The summed E-state index contributed by atoms with van der Waals surface area (Å²) in [6.45, 7) is 2.29. The molecule has 0 aliphatic heterocycles. The first-order valence-electron chi connectivity index (χ1n) is 6.69. The Balaban J connectivity index is 2.81. The molecule has 0 aromatic heterocycles. The predicted octanol–water partition coefficient (Wildman–Crippen LogP) is 3.15. The van der Waals surface area contributed by atoms with Crippen LogP contribution in [0, 0.1) is 11.3 Å². The van der Waals surface area contributed by atoms with Crippen molar-refractivity contribution in [2.75, 3.05) is 13.7 Å². The van der Waals surface area contributed by atoms with Crippen LogP contribution in [0.25, 0.3) is 11.1 Å². The average molecular weight is 297 g/mol. The average Bonchev–Trinajstić information content (AvgIpc) is 2.55. The maximum Gasteiger partial charge on any atom is 0.178 e. The molecule has 0 spiro atoms. The number of carbonyl (C=O) groups is 1. The van der Waals surface area contributed by atoms with E-state index >= 15 is 0 Å². The molecule has 2 aromatic carbocycles. The van der Waals surface area contributed by atoms with Crippen LogP contribution in [0.1, 0.15) is 22.8 Å². The van der Waals surface area contributed by atoms with Crippen LogP contribution < -0.4 is 9.47 Å². The molecule has 0 radical (unpaired) electrons. The van der Waals surface area contributed by atoms with Gasteiger partial charge in [-0.2, -0.15) is 5.26 Å². The van der Waals surface area contributed by atoms with E-state index in [1.54, 1.807) is 24.3 Å². The second kappa shape index (κ2) is 6.64. The number of rotatable bonds is 5. The van der Waals surface area contributed by atoms with Crippen molar-refractivity contribution in [1.29, 1.82) is 5.26 Å². The zero-order valence-corrected chi connectivity index (χ0v) is 12.3. The highest BCUT2D eigenvalue weighted by Crippen LogP contribution is 2.44. The molecule has 22 heavy (non-hydrogen) atoms. The van der Waals surface area contributed by atoms with Crippen LogP contribution in [-0.4, -0.2) is 25.1 Å². The summed E-state index contributed by atoms with van der Waals surface area (Å²) in [5, 5.41) is 19.6. The quantitative estimate of drug-likeness (QED) is 0.857. The lowest BCUT2D eigenvalue weighted by molar-refractivity contribution is 0.112. The Hall–Kier alpha value is -3.00. The Morgan fingerprint density at radius 3 is 2.68 bits per heavy atom. The van der Waals surface area contributed by atoms with Crippen LogP contribution in [0.5, 0.6) is 17.2 Å². The highest BCUT2D eigenvalue weighted by molar-refractivity contribution is 5.94. The van der Waals surface area contributed by atoms with Crippen molar-refractivity contribution in [1.82, 2.24) is 0 Å². The molecule has 1 N–H and O–H groups in total. The summed E-state index contributed by atoms with van der Waals surface area (Å²) in [5.74, 6) is 0.320. The highest BCUT2D eigenvalue weighted by atomic mass is 16.5. The number of phenolic OH excluding ortho intramolecular Hbond substituents is 1. The Kier molecular flexibility index (Phi) is 4.64. The summed E-state index contributed by atoms with van der Waals surface area (Å²) in [7, 11) is 1.36. The van der Waals surface area contributed by atoms with E-state index in [2.05, 4.69) is 0 Å². The first kappa shape index (κ1) is 15.4. The number of phenols is 1. The molecule has 0 atom stereocenters. The Morgan fingerprint density at radius 2 is 2.09 bits per heavy atom. The number of benzene rings is 2. The lowest BCUT2D eigenvalue weighted by Crippen LogP contribution is -1.99. The van der Waals surface area contributed by atoms with Gasteiger partial charge in [-0.1, -0.05) is 18.2 Å². The van der Waals surface area contributed by atoms with Crippen LogP contribution in [0.4, 0.5) is 0 Å². The molecular formula is C17H15NO4. The zero-order valence-electron chi connectivity index (χ0n) is 12.3. The summed E-state index contributed by atoms with van der Waals surface area (Å²) in [5.41, 5.74) is 1.14. The summed E-state index contributed by atoms with van der Waals surface area (Å²) < 4.78 is 10.6. The van der Waals surface area contributed by atoms with E-state index in [1.165, 1.54) is 13.2 Å². The van der Waals surface area contributed by atoms with Gasteiger partial charge in [0.1, 0.15) is 11.8 Å². The van der Waals surface area contributed by atoms with Crippen LogP contribution in [0.2, 0.25) is 0 Å². The van der Waals surface area contributed by atoms with E-state index in [4.69, 9.17) is 14.7 Å². The van der Waals surface area contributed by atoms with Crippen LogP contribution in [0.15, 0.2) is 30.3 Å². The second-order valence-corrected chi connectivity index (χ2v) is 4.43. The largest absolute Gasteiger partial charge is 0.504 e. The first-order valence-corrected chi connectivity index (χ1v) is 6.69. The van der Waals surface area contributed by atoms with E-state index in [-0.39, 0.29) is 28.2 Å².